The molecular formula is C17H14O4. The second-order valence-corrected chi connectivity index (χ2v) is 5.56. The molecule has 21 heavy (non-hydrogen) atoms. The predicted molar refractivity (Wildman–Crippen MR) is 79.1 cm³/mol. The van der Waals surface area contributed by atoms with Gasteiger partial charge in [0.1, 0.15) is 22.8 Å². The summed E-state index contributed by atoms with van der Waals surface area (Å²) in [6.45, 7) is 3.35. The summed E-state index contributed by atoms with van der Waals surface area (Å²) < 4.78 is 5.80. The molecule has 0 fully saturated rings. The first-order valence-electron chi connectivity index (χ1n) is 6.61. The smallest absolute Gasteiger partial charge is 0.196 e. The quantitative estimate of drug-likeness (QED) is 0.872. The normalized spacial score (nSPS) is 16.3. The van der Waals surface area contributed by atoms with Gasteiger partial charge in [-0.05, 0) is 13.8 Å². The summed E-state index contributed by atoms with van der Waals surface area (Å²) in [5.41, 5.74) is -0.524. The fourth-order valence-corrected chi connectivity index (χ4v) is 2.41. The molecule has 0 unspecified atom stereocenters. The molecule has 0 saturated heterocycles. The van der Waals surface area contributed by atoms with Gasteiger partial charge in [0.15, 0.2) is 11.2 Å². The van der Waals surface area contributed by atoms with Gasteiger partial charge < -0.3 is 9.52 Å². The van der Waals surface area contributed by atoms with E-state index in [0.717, 1.165) is 11.6 Å². The number of fused-ring (bicyclic) bond motifs is 1. The highest BCUT2D eigenvalue weighted by molar-refractivity contribution is 6.05. The van der Waals surface area contributed by atoms with Crippen LogP contribution in [-0.2, 0) is 10.2 Å². The van der Waals surface area contributed by atoms with Crippen LogP contribution in [0.25, 0.3) is 17.1 Å². The minimum atomic E-state index is -0.981. The summed E-state index contributed by atoms with van der Waals surface area (Å²) in [6.07, 6.45) is 1.08. The molecule has 0 saturated carbocycles. The molecule has 0 radical (unpaired) electrons. The van der Waals surface area contributed by atoms with Crippen LogP contribution < -0.4 is 5.43 Å². The molecule has 1 aromatic carbocycles. The van der Waals surface area contributed by atoms with Crippen molar-refractivity contribution in [2.24, 2.45) is 0 Å². The second kappa shape index (κ2) is 4.45. The molecule has 4 nitrogen and oxygen atoms in total. The fourth-order valence-electron chi connectivity index (χ4n) is 2.41. The van der Waals surface area contributed by atoms with Gasteiger partial charge in [-0.2, -0.15) is 0 Å². The number of hydrogen-bond acceptors (Lipinski definition) is 4. The lowest BCUT2D eigenvalue weighted by molar-refractivity contribution is -0.119. The van der Waals surface area contributed by atoms with Crippen LogP contribution >= 0.6 is 0 Å². The van der Waals surface area contributed by atoms with E-state index in [1.807, 2.05) is 30.3 Å². The van der Waals surface area contributed by atoms with Crippen LogP contribution in [0.5, 0.6) is 0 Å². The molecule has 1 heterocycles. The topological polar surface area (TPSA) is 67.5 Å². The third-order valence-corrected chi connectivity index (χ3v) is 3.71. The van der Waals surface area contributed by atoms with E-state index in [0.29, 0.717) is 5.76 Å². The van der Waals surface area contributed by atoms with E-state index in [-0.39, 0.29) is 28.3 Å². The molecule has 0 aliphatic heterocycles. The number of ketones is 1. The van der Waals surface area contributed by atoms with E-state index < -0.39 is 5.41 Å². The molecule has 0 amide bonds. The Hall–Kier alpha value is -2.62. The molecular weight excluding hydrogens is 268 g/mol. The van der Waals surface area contributed by atoms with Crippen LogP contribution in [-0.4, -0.2) is 10.9 Å². The summed E-state index contributed by atoms with van der Waals surface area (Å²) in [7, 11) is 0. The van der Waals surface area contributed by atoms with Gasteiger partial charge in [0.05, 0.1) is 5.41 Å². The molecule has 0 bridgehead atoms. The summed E-state index contributed by atoms with van der Waals surface area (Å²) in [4.78, 5) is 24.3. The summed E-state index contributed by atoms with van der Waals surface area (Å²) in [5.74, 6) is -0.0303. The zero-order chi connectivity index (χ0) is 15.2. The minimum Gasteiger partial charge on any atom is -0.507 e. The number of aliphatic hydroxyl groups is 1. The van der Waals surface area contributed by atoms with Crippen molar-refractivity contribution in [2.45, 2.75) is 19.3 Å². The number of aliphatic hydroxyl groups excluding tert-OH is 1. The SMILES string of the molecule is CC1(C)C(=O)C=C(O)c2c1oc(-c1ccccc1)cc2=O. The first kappa shape index (κ1) is 13.4. The van der Waals surface area contributed by atoms with Crippen LogP contribution in [0.1, 0.15) is 25.2 Å². The van der Waals surface area contributed by atoms with Gasteiger partial charge in [-0.15, -0.1) is 0 Å². The molecule has 1 aromatic heterocycles. The van der Waals surface area contributed by atoms with E-state index in [4.69, 9.17) is 4.42 Å². The van der Waals surface area contributed by atoms with Gasteiger partial charge in [-0.1, -0.05) is 30.3 Å². The average molecular weight is 282 g/mol. The lowest BCUT2D eigenvalue weighted by atomic mass is 9.78. The number of benzene rings is 1. The van der Waals surface area contributed by atoms with Crippen molar-refractivity contribution >= 4 is 11.5 Å². The van der Waals surface area contributed by atoms with Crippen molar-refractivity contribution in [3.63, 3.8) is 0 Å². The van der Waals surface area contributed by atoms with Crippen LogP contribution in [0.2, 0.25) is 0 Å². The maximum Gasteiger partial charge on any atom is 0.196 e. The predicted octanol–water partition coefficient (Wildman–Crippen LogP) is 3.07. The molecule has 106 valence electrons. The first-order chi connectivity index (χ1) is 9.91. The Kier molecular flexibility index (Phi) is 2.83. The van der Waals surface area contributed by atoms with E-state index in [1.54, 1.807) is 13.8 Å². The second-order valence-electron chi connectivity index (χ2n) is 5.56. The third kappa shape index (κ3) is 2.00. The minimum absolute atomic E-state index is 0.0688. The summed E-state index contributed by atoms with van der Waals surface area (Å²) >= 11 is 0. The third-order valence-electron chi connectivity index (χ3n) is 3.71. The van der Waals surface area contributed by atoms with Crippen molar-refractivity contribution in [3.8, 4) is 11.3 Å². The molecule has 0 spiro atoms. The lowest BCUT2D eigenvalue weighted by Gasteiger charge is -2.26. The van der Waals surface area contributed by atoms with Crippen LogP contribution in [0.4, 0.5) is 0 Å². The number of rotatable bonds is 1. The average Bonchev–Trinajstić information content (AvgIpc) is 2.45. The molecule has 1 aliphatic rings. The molecule has 1 N–H and O–H groups in total. The number of hydrogen-bond donors (Lipinski definition) is 1. The Morgan fingerprint density at radius 1 is 1.10 bits per heavy atom. The van der Waals surface area contributed by atoms with E-state index in [2.05, 4.69) is 0 Å². The fraction of sp³-hybridized carbons (Fsp3) is 0.176. The standard InChI is InChI=1S/C17H14O4/c1-17(2)14(20)9-12(19)15-11(18)8-13(21-16(15)17)10-6-4-3-5-7-10/h3-9,19H,1-2H3. The molecule has 4 heteroatoms. The molecule has 3 rings (SSSR count). The van der Waals surface area contributed by atoms with Crippen molar-refractivity contribution < 1.29 is 14.3 Å². The van der Waals surface area contributed by atoms with Gasteiger partial charge in [0.2, 0.25) is 0 Å². The van der Waals surface area contributed by atoms with Crippen LogP contribution in [0.3, 0.4) is 0 Å². The monoisotopic (exact) mass is 282 g/mol. The van der Waals surface area contributed by atoms with Crippen LogP contribution in [0, 0.1) is 0 Å². The maximum absolute atomic E-state index is 12.3. The van der Waals surface area contributed by atoms with Crippen molar-refractivity contribution in [2.75, 3.05) is 0 Å². The van der Waals surface area contributed by atoms with Crippen molar-refractivity contribution in [1.82, 2.24) is 0 Å². The maximum atomic E-state index is 12.3. The summed E-state index contributed by atoms with van der Waals surface area (Å²) in [6, 6.07) is 10.5. The number of carbonyl (C=O) groups excluding carboxylic acids is 1. The van der Waals surface area contributed by atoms with Gasteiger partial charge in [-0.25, -0.2) is 0 Å². The van der Waals surface area contributed by atoms with Gasteiger partial charge in [-0.3, -0.25) is 9.59 Å². The Labute approximate surface area is 121 Å². The highest BCUT2D eigenvalue weighted by Crippen LogP contribution is 2.36. The molecule has 2 aromatic rings. The number of carbonyl (C=O) groups is 1. The lowest BCUT2D eigenvalue weighted by Crippen LogP contribution is -2.34. The van der Waals surface area contributed by atoms with E-state index in [1.165, 1.54) is 6.07 Å². The molecule has 0 atom stereocenters. The van der Waals surface area contributed by atoms with Gasteiger partial charge in [0.25, 0.3) is 0 Å². The first-order valence-corrected chi connectivity index (χ1v) is 6.61. The highest BCUT2D eigenvalue weighted by Gasteiger charge is 2.39. The Morgan fingerprint density at radius 3 is 2.43 bits per heavy atom. The van der Waals surface area contributed by atoms with Crippen molar-refractivity contribution in [1.29, 1.82) is 0 Å². The molecule has 1 aliphatic carbocycles. The Morgan fingerprint density at radius 2 is 1.76 bits per heavy atom. The zero-order valence-corrected chi connectivity index (χ0v) is 11.7. The number of allylic oxidation sites excluding steroid dienone is 1. The van der Waals surface area contributed by atoms with Crippen LogP contribution in [0.15, 0.2) is 51.7 Å². The Balaban J connectivity index is 2.31. The van der Waals surface area contributed by atoms with Gasteiger partial charge in [0, 0.05) is 17.7 Å². The van der Waals surface area contributed by atoms with Gasteiger partial charge >= 0.3 is 0 Å². The zero-order valence-electron chi connectivity index (χ0n) is 11.7. The summed E-state index contributed by atoms with van der Waals surface area (Å²) in [5, 5.41) is 9.89. The van der Waals surface area contributed by atoms with E-state index in [9.17, 15) is 14.7 Å². The Bertz CT molecular complexity index is 810. The largest absolute Gasteiger partial charge is 0.507 e. The highest BCUT2D eigenvalue weighted by atomic mass is 16.3. The van der Waals surface area contributed by atoms with E-state index >= 15 is 0 Å². The van der Waals surface area contributed by atoms with Crippen molar-refractivity contribution in [3.05, 3.63) is 64.0 Å².